The van der Waals surface area contributed by atoms with Crippen molar-refractivity contribution in [1.29, 1.82) is 0 Å². The number of imidazole rings is 1. The van der Waals surface area contributed by atoms with E-state index >= 15 is 0 Å². The van der Waals surface area contributed by atoms with Crippen molar-refractivity contribution in [3.8, 4) is 11.5 Å². The van der Waals surface area contributed by atoms with Gasteiger partial charge in [0.2, 0.25) is 5.91 Å². The molecule has 94 valence electrons. The van der Waals surface area contributed by atoms with Gasteiger partial charge in [0.15, 0.2) is 11.5 Å². The molecule has 0 unspecified atom stereocenters. The molecule has 0 atom stereocenters. The highest BCUT2D eigenvalue weighted by Gasteiger charge is 2.15. The summed E-state index contributed by atoms with van der Waals surface area (Å²) in [5, 5.41) is 0. The fourth-order valence-electron chi connectivity index (χ4n) is 1.95. The topological polar surface area (TPSA) is 86.7 Å². The fraction of sp³-hybridized carbons (Fsp3) is 0.0769. The molecule has 6 nitrogen and oxygen atoms in total. The summed E-state index contributed by atoms with van der Waals surface area (Å²) in [6.07, 6.45) is 3.33. The Kier molecular flexibility index (Phi) is 2.68. The van der Waals surface area contributed by atoms with E-state index in [1.165, 1.54) is 0 Å². The minimum Gasteiger partial charge on any atom is -0.368 e. The lowest BCUT2D eigenvalue weighted by Crippen LogP contribution is -2.19. The van der Waals surface area contributed by atoms with Crippen LogP contribution in [0.15, 0.2) is 42.7 Å². The van der Waals surface area contributed by atoms with Crippen LogP contribution in [-0.4, -0.2) is 25.4 Å². The number of hydrogen-bond donors (Lipinski definition) is 1. The van der Waals surface area contributed by atoms with Crippen LogP contribution < -0.4 is 5.73 Å². The number of carbonyl (C=O) groups is 1. The minimum atomic E-state index is -0.442. The highest BCUT2D eigenvalue weighted by Crippen LogP contribution is 2.21. The second-order valence-corrected chi connectivity index (χ2v) is 4.05. The van der Waals surface area contributed by atoms with Crippen LogP contribution in [0.4, 0.5) is 0 Å². The minimum absolute atomic E-state index is 0.0272. The summed E-state index contributed by atoms with van der Waals surface area (Å²) in [4.78, 5) is 24.2. The van der Waals surface area contributed by atoms with Gasteiger partial charge in [0.25, 0.3) is 0 Å². The molecule has 0 aromatic carbocycles. The molecule has 0 radical (unpaired) electrons. The maximum absolute atomic E-state index is 11.2. The molecule has 0 aliphatic heterocycles. The molecule has 2 N–H and O–H groups in total. The number of rotatable bonds is 3. The molecule has 0 spiro atoms. The first-order valence-electron chi connectivity index (χ1n) is 5.76. The van der Waals surface area contributed by atoms with Crippen LogP contribution in [0.3, 0.4) is 0 Å². The Labute approximate surface area is 108 Å². The largest absolute Gasteiger partial charge is 0.368 e. The maximum atomic E-state index is 11.2. The van der Waals surface area contributed by atoms with Gasteiger partial charge in [-0.2, -0.15) is 0 Å². The monoisotopic (exact) mass is 253 g/mol. The van der Waals surface area contributed by atoms with Crippen molar-refractivity contribution in [3.05, 3.63) is 42.7 Å². The van der Waals surface area contributed by atoms with Gasteiger partial charge in [-0.25, -0.2) is 9.97 Å². The zero-order valence-corrected chi connectivity index (χ0v) is 10.0. The first-order chi connectivity index (χ1) is 9.25. The van der Waals surface area contributed by atoms with Crippen molar-refractivity contribution >= 4 is 17.1 Å². The van der Waals surface area contributed by atoms with Crippen LogP contribution in [0.5, 0.6) is 0 Å². The number of nitrogens with two attached hydrogens (primary N) is 1. The third-order valence-electron chi connectivity index (χ3n) is 2.71. The van der Waals surface area contributed by atoms with E-state index in [9.17, 15) is 4.79 Å². The highest BCUT2D eigenvalue weighted by molar-refractivity contribution is 5.80. The molecule has 3 rings (SSSR count). The lowest BCUT2D eigenvalue weighted by Gasteiger charge is -2.05. The predicted octanol–water partition coefficient (Wildman–Crippen LogP) is 0.979. The number of pyridine rings is 2. The third kappa shape index (κ3) is 2.03. The molecular formula is C13H11N5O. The van der Waals surface area contributed by atoms with E-state index in [0.29, 0.717) is 22.7 Å². The Morgan fingerprint density at radius 1 is 1.16 bits per heavy atom. The van der Waals surface area contributed by atoms with Gasteiger partial charge in [-0.05, 0) is 24.3 Å². The first kappa shape index (κ1) is 11.3. The Balaban J connectivity index is 2.26. The summed E-state index contributed by atoms with van der Waals surface area (Å²) >= 11 is 0. The Morgan fingerprint density at radius 3 is 2.74 bits per heavy atom. The summed E-state index contributed by atoms with van der Waals surface area (Å²) in [7, 11) is 0. The lowest BCUT2D eigenvalue weighted by molar-refractivity contribution is -0.118. The van der Waals surface area contributed by atoms with E-state index in [0.717, 1.165) is 0 Å². The number of amides is 1. The van der Waals surface area contributed by atoms with Crippen LogP contribution >= 0.6 is 0 Å². The summed E-state index contributed by atoms with van der Waals surface area (Å²) < 4.78 is 1.68. The average Bonchev–Trinajstić information content (AvgIpc) is 2.78. The van der Waals surface area contributed by atoms with E-state index in [1.54, 1.807) is 23.0 Å². The van der Waals surface area contributed by atoms with Crippen LogP contribution in [0, 0.1) is 0 Å². The second kappa shape index (κ2) is 4.49. The predicted molar refractivity (Wildman–Crippen MR) is 70.0 cm³/mol. The summed E-state index contributed by atoms with van der Waals surface area (Å²) in [6, 6.07) is 9.16. The molecule has 0 fully saturated rings. The zero-order chi connectivity index (χ0) is 13.2. The number of hydrogen-bond acceptors (Lipinski definition) is 4. The number of aromatic nitrogens is 4. The van der Waals surface area contributed by atoms with Crippen molar-refractivity contribution in [1.82, 2.24) is 19.5 Å². The lowest BCUT2D eigenvalue weighted by atomic mass is 10.3. The molecule has 0 aliphatic rings. The molecule has 0 saturated carbocycles. The van der Waals surface area contributed by atoms with Crippen molar-refractivity contribution in [2.75, 3.05) is 0 Å². The van der Waals surface area contributed by atoms with Gasteiger partial charge in [0.05, 0.1) is 0 Å². The zero-order valence-electron chi connectivity index (χ0n) is 10.0. The fourth-order valence-corrected chi connectivity index (χ4v) is 1.95. The van der Waals surface area contributed by atoms with Gasteiger partial charge in [0, 0.05) is 12.4 Å². The Morgan fingerprint density at radius 2 is 2.00 bits per heavy atom. The van der Waals surface area contributed by atoms with E-state index < -0.39 is 5.91 Å². The molecule has 1 amide bonds. The molecule has 3 aromatic rings. The van der Waals surface area contributed by atoms with Crippen LogP contribution in [0.2, 0.25) is 0 Å². The Bertz CT molecular complexity index is 735. The van der Waals surface area contributed by atoms with Crippen LogP contribution in [-0.2, 0) is 11.3 Å². The molecule has 0 saturated heterocycles. The van der Waals surface area contributed by atoms with Crippen LogP contribution in [0.1, 0.15) is 0 Å². The van der Waals surface area contributed by atoms with E-state index in [-0.39, 0.29) is 6.54 Å². The molecular weight excluding hydrogens is 242 g/mol. The molecule has 3 aromatic heterocycles. The normalized spacial score (nSPS) is 10.7. The van der Waals surface area contributed by atoms with Gasteiger partial charge >= 0.3 is 0 Å². The third-order valence-corrected chi connectivity index (χ3v) is 2.71. The standard InChI is InChI=1S/C13H11N5O/c14-11(19)8-18-12-10(5-3-7-16-12)17-13(18)9-4-1-2-6-15-9/h1-7H,8H2,(H2,14,19). The van der Waals surface area contributed by atoms with Crippen molar-refractivity contribution < 1.29 is 4.79 Å². The SMILES string of the molecule is NC(=O)Cn1c(-c2ccccn2)nc2cccnc21. The summed E-state index contributed by atoms with van der Waals surface area (Å²) in [5.41, 5.74) is 7.31. The van der Waals surface area contributed by atoms with Gasteiger partial charge < -0.3 is 5.73 Å². The molecule has 6 heteroatoms. The van der Waals surface area contributed by atoms with Gasteiger partial charge in [-0.3, -0.25) is 14.3 Å². The number of carbonyl (C=O) groups excluding carboxylic acids is 1. The molecule has 0 bridgehead atoms. The highest BCUT2D eigenvalue weighted by atomic mass is 16.1. The summed E-state index contributed by atoms with van der Waals surface area (Å²) in [6.45, 7) is 0.0272. The second-order valence-electron chi connectivity index (χ2n) is 4.05. The van der Waals surface area contributed by atoms with Crippen molar-refractivity contribution in [2.45, 2.75) is 6.54 Å². The molecule has 3 heterocycles. The van der Waals surface area contributed by atoms with Crippen LogP contribution in [0.25, 0.3) is 22.7 Å². The molecule has 0 aliphatic carbocycles. The smallest absolute Gasteiger partial charge is 0.237 e. The number of primary amides is 1. The van der Waals surface area contributed by atoms with Gasteiger partial charge in [-0.15, -0.1) is 0 Å². The van der Waals surface area contributed by atoms with E-state index in [2.05, 4.69) is 15.0 Å². The van der Waals surface area contributed by atoms with E-state index in [1.807, 2.05) is 24.3 Å². The maximum Gasteiger partial charge on any atom is 0.237 e. The van der Waals surface area contributed by atoms with Gasteiger partial charge in [-0.1, -0.05) is 6.07 Å². The molecule has 19 heavy (non-hydrogen) atoms. The summed E-state index contributed by atoms with van der Waals surface area (Å²) in [5.74, 6) is 0.148. The number of fused-ring (bicyclic) bond motifs is 1. The van der Waals surface area contributed by atoms with E-state index in [4.69, 9.17) is 5.73 Å². The Hall–Kier alpha value is -2.76. The first-order valence-corrected chi connectivity index (χ1v) is 5.76. The van der Waals surface area contributed by atoms with Crippen molar-refractivity contribution in [3.63, 3.8) is 0 Å². The quantitative estimate of drug-likeness (QED) is 0.753. The van der Waals surface area contributed by atoms with Gasteiger partial charge in [0.1, 0.15) is 17.8 Å². The van der Waals surface area contributed by atoms with Crippen molar-refractivity contribution in [2.24, 2.45) is 5.73 Å². The average molecular weight is 253 g/mol. The number of nitrogens with zero attached hydrogens (tertiary/aromatic N) is 4.